The monoisotopic (exact) mass is 371 g/mol. The SMILES string of the molecule is O=C(O)C1CCCCN1S(=O)(=O)c1ccc(Cl)c(-c2nn[nH]n2)c1. The number of tetrazole rings is 1. The fraction of sp³-hybridized carbons (Fsp3) is 0.385. The van der Waals surface area contributed by atoms with Gasteiger partial charge >= 0.3 is 5.97 Å². The summed E-state index contributed by atoms with van der Waals surface area (Å²) in [5.74, 6) is -0.990. The van der Waals surface area contributed by atoms with Crippen LogP contribution in [0, 0.1) is 0 Å². The third-order valence-electron chi connectivity index (χ3n) is 3.87. The van der Waals surface area contributed by atoms with E-state index in [1.54, 1.807) is 0 Å². The third-order valence-corrected chi connectivity index (χ3v) is 6.10. The number of aliphatic carboxylic acids is 1. The molecule has 1 fully saturated rings. The van der Waals surface area contributed by atoms with E-state index in [0.29, 0.717) is 24.8 Å². The molecule has 0 bridgehead atoms. The lowest BCUT2D eigenvalue weighted by Crippen LogP contribution is -2.47. The number of sulfonamides is 1. The average Bonchev–Trinajstić information content (AvgIpc) is 3.09. The standard InChI is InChI=1S/C13H14ClN5O4S/c14-10-5-4-8(7-9(10)12-15-17-18-16-12)24(22,23)19-6-2-1-3-11(19)13(20)21/h4-5,7,11H,1-3,6H2,(H,20,21)(H,15,16,17,18). The van der Waals surface area contributed by atoms with Crippen LogP contribution < -0.4 is 0 Å². The molecular weight excluding hydrogens is 358 g/mol. The van der Waals surface area contributed by atoms with E-state index in [2.05, 4.69) is 20.6 Å². The maximum atomic E-state index is 12.9. The first-order chi connectivity index (χ1) is 11.4. The molecular formula is C13H14ClN5O4S. The van der Waals surface area contributed by atoms with Crippen molar-refractivity contribution in [3.8, 4) is 11.4 Å². The van der Waals surface area contributed by atoms with E-state index < -0.39 is 22.0 Å². The Morgan fingerprint density at radius 2 is 2.17 bits per heavy atom. The zero-order valence-corrected chi connectivity index (χ0v) is 14.0. The number of aromatic amines is 1. The topological polar surface area (TPSA) is 129 Å². The molecule has 1 atom stereocenters. The van der Waals surface area contributed by atoms with Crippen LogP contribution in [0.2, 0.25) is 5.02 Å². The van der Waals surface area contributed by atoms with Crippen LogP contribution in [0.1, 0.15) is 19.3 Å². The molecule has 2 heterocycles. The molecule has 9 nitrogen and oxygen atoms in total. The smallest absolute Gasteiger partial charge is 0.322 e. The summed E-state index contributed by atoms with van der Waals surface area (Å²) < 4.78 is 26.8. The van der Waals surface area contributed by atoms with E-state index in [4.69, 9.17) is 11.6 Å². The number of hydrogen-bond donors (Lipinski definition) is 2. The zero-order chi connectivity index (χ0) is 17.3. The maximum Gasteiger partial charge on any atom is 0.322 e. The number of aromatic nitrogens is 4. The van der Waals surface area contributed by atoms with E-state index in [-0.39, 0.29) is 22.3 Å². The number of nitrogens with zero attached hydrogens (tertiary/aromatic N) is 4. The molecule has 1 aliphatic heterocycles. The molecule has 1 aromatic heterocycles. The van der Waals surface area contributed by atoms with Gasteiger partial charge in [-0.05, 0) is 42.7 Å². The molecule has 0 radical (unpaired) electrons. The van der Waals surface area contributed by atoms with Crippen molar-refractivity contribution in [2.75, 3.05) is 6.54 Å². The zero-order valence-electron chi connectivity index (χ0n) is 12.4. The number of carboxylic acids is 1. The largest absolute Gasteiger partial charge is 0.480 e. The summed E-state index contributed by atoms with van der Waals surface area (Å²) in [7, 11) is -3.98. The van der Waals surface area contributed by atoms with Crippen LogP contribution in [0.15, 0.2) is 23.1 Å². The van der Waals surface area contributed by atoms with Crippen molar-refractivity contribution in [1.29, 1.82) is 0 Å². The van der Waals surface area contributed by atoms with Gasteiger partial charge in [-0.2, -0.15) is 9.52 Å². The highest BCUT2D eigenvalue weighted by Crippen LogP contribution is 2.31. The summed E-state index contributed by atoms with van der Waals surface area (Å²) in [5.41, 5.74) is 0.301. The second-order valence-corrected chi connectivity index (χ2v) is 7.64. The van der Waals surface area contributed by atoms with Crippen molar-refractivity contribution < 1.29 is 18.3 Å². The summed E-state index contributed by atoms with van der Waals surface area (Å²) >= 11 is 6.08. The molecule has 0 spiro atoms. The average molecular weight is 372 g/mol. The molecule has 1 saturated heterocycles. The molecule has 2 N–H and O–H groups in total. The van der Waals surface area contributed by atoms with E-state index in [1.165, 1.54) is 18.2 Å². The lowest BCUT2D eigenvalue weighted by molar-refractivity contribution is -0.142. The molecule has 3 rings (SSSR count). The van der Waals surface area contributed by atoms with E-state index in [9.17, 15) is 18.3 Å². The third kappa shape index (κ3) is 2.99. The summed E-state index contributed by atoms with van der Waals surface area (Å²) in [6, 6.07) is 3.03. The molecule has 0 amide bonds. The van der Waals surface area contributed by atoms with Gasteiger partial charge in [0.05, 0.1) is 9.92 Å². The minimum absolute atomic E-state index is 0.0557. The van der Waals surface area contributed by atoms with Gasteiger partial charge in [0.25, 0.3) is 0 Å². The lowest BCUT2D eigenvalue weighted by atomic mass is 10.1. The van der Waals surface area contributed by atoms with Crippen LogP contribution in [0.4, 0.5) is 0 Å². The summed E-state index contributed by atoms with van der Waals surface area (Å²) in [5, 5.41) is 22.9. The summed E-state index contributed by atoms with van der Waals surface area (Å²) in [6.07, 6.45) is 1.59. The van der Waals surface area contributed by atoms with Crippen LogP contribution >= 0.6 is 11.6 Å². The Morgan fingerprint density at radius 3 is 2.83 bits per heavy atom. The molecule has 0 aliphatic carbocycles. The summed E-state index contributed by atoms with van der Waals surface area (Å²) in [4.78, 5) is 11.3. The van der Waals surface area contributed by atoms with Crippen LogP contribution in [-0.4, -0.2) is 57.0 Å². The first-order valence-corrected chi connectivity index (χ1v) is 9.01. The van der Waals surface area contributed by atoms with Gasteiger partial charge in [0.1, 0.15) is 6.04 Å². The molecule has 24 heavy (non-hydrogen) atoms. The lowest BCUT2D eigenvalue weighted by Gasteiger charge is -2.31. The van der Waals surface area contributed by atoms with Crippen LogP contribution in [0.5, 0.6) is 0 Å². The number of hydrogen-bond acceptors (Lipinski definition) is 6. The van der Waals surface area contributed by atoms with E-state index in [1.807, 2.05) is 0 Å². The number of H-pyrrole nitrogens is 1. The van der Waals surface area contributed by atoms with Gasteiger partial charge in [-0.3, -0.25) is 4.79 Å². The fourth-order valence-corrected chi connectivity index (χ4v) is 4.57. The first-order valence-electron chi connectivity index (χ1n) is 7.19. The molecule has 0 saturated carbocycles. The van der Waals surface area contributed by atoms with Crippen molar-refractivity contribution in [1.82, 2.24) is 24.9 Å². The van der Waals surface area contributed by atoms with Crippen molar-refractivity contribution in [2.24, 2.45) is 0 Å². The number of carbonyl (C=O) groups is 1. The van der Waals surface area contributed by atoms with Gasteiger partial charge in [0, 0.05) is 12.1 Å². The van der Waals surface area contributed by atoms with Gasteiger partial charge in [0.15, 0.2) is 0 Å². The molecule has 1 unspecified atom stereocenters. The number of carboxylic acid groups (broad SMARTS) is 1. The Morgan fingerprint density at radius 1 is 1.38 bits per heavy atom. The second-order valence-electron chi connectivity index (χ2n) is 5.34. The maximum absolute atomic E-state index is 12.9. The number of halogens is 1. The fourth-order valence-electron chi connectivity index (χ4n) is 2.69. The predicted octanol–water partition coefficient (Wildman–Crippen LogP) is 1.15. The minimum atomic E-state index is -3.98. The van der Waals surface area contributed by atoms with Gasteiger partial charge in [-0.25, -0.2) is 8.42 Å². The van der Waals surface area contributed by atoms with Crippen LogP contribution in [0.3, 0.4) is 0 Å². The number of benzene rings is 1. The van der Waals surface area contributed by atoms with E-state index in [0.717, 1.165) is 4.31 Å². The van der Waals surface area contributed by atoms with Crippen molar-refractivity contribution in [2.45, 2.75) is 30.2 Å². The Hall–Kier alpha value is -2.04. The first kappa shape index (κ1) is 16.8. The normalized spacial score (nSPS) is 19.3. The Labute approximate surface area is 142 Å². The number of nitrogens with one attached hydrogen (secondary N) is 1. The van der Waals surface area contributed by atoms with Gasteiger partial charge in [0.2, 0.25) is 15.8 Å². The second kappa shape index (κ2) is 6.46. The summed E-state index contributed by atoms with van der Waals surface area (Å²) in [6.45, 7) is 0.166. The van der Waals surface area contributed by atoms with Gasteiger partial charge < -0.3 is 5.11 Å². The molecule has 1 aliphatic rings. The van der Waals surface area contributed by atoms with Crippen LogP contribution in [-0.2, 0) is 14.8 Å². The number of piperidine rings is 1. The molecule has 1 aromatic carbocycles. The number of rotatable bonds is 4. The Bertz CT molecular complexity index is 855. The highest BCUT2D eigenvalue weighted by molar-refractivity contribution is 7.89. The van der Waals surface area contributed by atoms with Crippen LogP contribution in [0.25, 0.3) is 11.4 Å². The van der Waals surface area contributed by atoms with Gasteiger partial charge in [-0.15, -0.1) is 10.2 Å². The predicted molar refractivity (Wildman–Crippen MR) is 83.8 cm³/mol. The van der Waals surface area contributed by atoms with Crippen molar-refractivity contribution in [3.63, 3.8) is 0 Å². The Balaban J connectivity index is 2.04. The highest BCUT2D eigenvalue weighted by atomic mass is 35.5. The van der Waals surface area contributed by atoms with Gasteiger partial charge in [-0.1, -0.05) is 11.6 Å². The Kier molecular flexibility index (Phi) is 4.52. The quantitative estimate of drug-likeness (QED) is 0.824. The minimum Gasteiger partial charge on any atom is -0.480 e. The molecule has 128 valence electrons. The molecule has 2 aromatic rings. The van der Waals surface area contributed by atoms with Crippen molar-refractivity contribution >= 4 is 27.6 Å². The van der Waals surface area contributed by atoms with Crippen molar-refractivity contribution in [3.05, 3.63) is 23.2 Å². The molecule has 11 heteroatoms. The highest BCUT2D eigenvalue weighted by Gasteiger charge is 2.37. The van der Waals surface area contributed by atoms with E-state index >= 15 is 0 Å².